The highest BCUT2D eigenvalue weighted by atomic mass is 16.3. The number of para-hydroxylation sites is 1. The van der Waals surface area contributed by atoms with E-state index in [9.17, 15) is 9.90 Å². The second-order valence-corrected chi connectivity index (χ2v) is 4.59. The Morgan fingerprint density at radius 3 is 2.85 bits per heavy atom. The second-order valence-electron chi connectivity index (χ2n) is 4.59. The molecule has 2 N–H and O–H groups in total. The van der Waals surface area contributed by atoms with Gasteiger partial charge in [-0.1, -0.05) is 25.1 Å². The Morgan fingerprint density at radius 2 is 2.15 bits per heavy atom. The number of amides is 1. The normalized spacial score (nSPS) is 12.1. The SMILES string of the molecule is CCC(O)CCNC(=O)c1cncn1-c1ccccc1. The molecule has 1 amide bonds. The van der Waals surface area contributed by atoms with Gasteiger partial charge in [-0.05, 0) is 25.0 Å². The minimum absolute atomic E-state index is 0.186. The van der Waals surface area contributed by atoms with E-state index in [-0.39, 0.29) is 12.0 Å². The number of carbonyl (C=O) groups is 1. The van der Waals surface area contributed by atoms with Crippen LogP contribution in [0.15, 0.2) is 42.9 Å². The quantitative estimate of drug-likeness (QED) is 0.842. The van der Waals surface area contributed by atoms with Crippen LogP contribution in [-0.2, 0) is 0 Å². The van der Waals surface area contributed by atoms with Gasteiger partial charge in [0.1, 0.15) is 5.69 Å². The lowest BCUT2D eigenvalue weighted by Crippen LogP contribution is -2.28. The molecular formula is C15H19N3O2. The minimum Gasteiger partial charge on any atom is -0.393 e. The summed E-state index contributed by atoms with van der Waals surface area (Å²) in [4.78, 5) is 16.1. The lowest BCUT2D eigenvalue weighted by molar-refractivity contribution is 0.0935. The summed E-state index contributed by atoms with van der Waals surface area (Å²) >= 11 is 0. The molecule has 2 aromatic rings. The van der Waals surface area contributed by atoms with E-state index in [1.165, 1.54) is 0 Å². The maximum Gasteiger partial charge on any atom is 0.269 e. The van der Waals surface area contributed by atoms with Gasteiger partial charge in [-0.15, -0.1) is 0 Å². The monoisotopic (exact) mass is 273 g/mol. The zero-order valence-electron chi connectivity index (χ0n) is 11.5. The van der Waals surface area contributed by atoms with Gasteiger partial charge in [-0.25, -0.2) is 4.98 Å². The lowest BCUT2D eigenvalue weighted by atomic mass is 10.2. The molecule has 20 heavy (non-hydrogen) atoms. The molecular weight excluding hydrogens is 254 g/mol. The van der Waals surface area contributed by atoms with Crippen LogP contribution in [0.2, 0.25) is 0 Å². The molecule has 0 bridgehead atoms. The Kier molecular flexibility index (Phi) is 4.90. The van der Waals surface area contributed by atoms with E-state index in [1.54, 1.807) is 17.1 Å². The summed E-state index contributed by atoms with van der Waals surface area (Å²) in [6.45, 7) is 2.37. The van der Waals surface area contributed by atoms with Gasteiger partial charge in [-0.2, -0.15) is 0 Å². The molecule has 5 heteroatoms. The molecule has 0 aliphatic carbocycles. The molecule has 0 saturated heterocycles. The van der Waals surface area contributed by atoms with E-state index in [0.717, 1.165) is 5.69 Å². The fourth-order valence-electron chi connectivity index (χ4n) is 1.90. The van der Waals surface area contributed by atoms with Crippen LogP contribution >= 0.6 is 0 Å². The topological polar surface area (TPSA) is 67.2 Å². The first-order chi connectivity index (χ1) is 9.72. The molecule has 0 fully saturated rings. The van der Waals surface area contributed by atoms with Crippen LogP contribution in [0.1, 0.15) is 30.3 Å². The van der Waals surface area contributed by atoms with Crippen LogP contribution < -0.4 is 5.32 Å². The van der Waals surface area contributed by atoms with Crippen molar-refractivity contribution in [2.24, 2.45) is 0 Å². The number of hydrogen-bond donors (Lipinski definition) is 2. The van der Waals surface area contributed by atoms with Crippen LogP contribution in [0.4, 0.5) is 0 Å². The Labute approximate surface area is 118 Å². The van der Waals surface area contributed by atoms with E-state index in [0.29, 0.717) is 25.1 Å². The van der Waals surface area contributed by atoms with Gasteiger partial charge in [0.2, 0.25) is 0 Å². The molecule has 0 radical (unpaired) electrons. The maximum absolute atomic E-state index is 12.1. The summed E-state index contributed by atoms with van der Waals surface area (Å²) in [5, 5.41) is 12.3. The number of aromatic nitrogens is 2. The molecule has 106 valence electrons. The van der Waals surface area contributed by atoms with Crippen LogP contribution in [0.25, 0.3) is 5.69 Å². The van der Waals surface area contributed by atoms with Gasteiger partial charge in [0.15, 0.2) is 0 Å². The summed E-state index contributed by atoms with van der Waals surface area (Å²) < 4.78 is 1.74. The van der Waals surface area contributed by atoms with Crippen molar-refractivity contribution in [3.8, 4) is 5.69 Å². The Bertz CT molecular complexity index is 551. The molecule has 1 aromatic heterocycles. The number of nitrogens with zero attached hydrogens (tertiary/aromatic N) is 2. The van der Waals surface area contributed by atoms with Crippen molar-refractivity contribution in [3.63, 3.8) is 0 Å². The third-order valence-corrected chi connectivity index (χ3v) is 3.14. The van der Waals surface area contributed by atoms with E-state index < -0.39 is 0 Å². The minimum atomic E-state index is -0.366. The highest BCUT2D eigenvalue weighted by Gasteiger charge is 2.12. The van der Waals surface area contributed by atoms with Crippen molar-refractivity contribution < 1.29 is 9.90 Å². The summed E-state index contributed by atoms with van der Waals surface area (Å²) in [6, 6.07) is 9.58. The summed E-state index contributed by atoms with van der Waals surface area (Å²) in [5.74, 6) is -0.186. The van der Waals surface area contributed by atoms with Gasteiger partial charge in [-0.3, -0.25) is 9.36 Å². The summed E-state index contributed by atoms with van der Waals surface area (Å²) in [6.07, 6.45) is 4.04. The summed E-state index contributed by atoms with van der Waals surface area (Å²) in [5.41, 5.74) is 1.38. The number of benzene rings is 1. The number of aliphatic hydroxyl groups excluding tert-OH is 1. The highest BCUT2D eigenvalue weighted by molar-refractivity contribution is 5.92. The van der Waals surface area contributed by atoms with Gasteiger partial charge in [0, 0.05) is 12.2 Å². The predicted octanol–water partition coefficient (Wildman–Crippen LogP) is 1.76. The van der Waals surface area contributed by atoms with Crippen LogP contribution in [0, 0.1) is 0 Å². The molecule has 1 aromatic carbocycles. The lowest BCUT2D eigenvalue weighted by Gasteiger charge is -2.10. The average Bonchev–Trinajstić information content (AvgIpc) is 2.97. The number of hydrogen-bond acceptors (Lipinski definition) is 3. The van der Waals surface area contributed by atoms with Crippen molar-refractivity contribution in [1.82, 2.24) is 14.9 Å². The van der Waals surface area contributed by atoms with Gasteiger partial charge >= 0.3 is 0 Å². The fraction of sp³-hybridized carbons (Fsp3) is 0.333. The van der Waals surface area contributed by atoms with Crippen molar-refractivity contribution in [2.75, 3.05) is 6.54 Å². The molecule has 0 aliphatic heterocycles. The number of carbonyl (C=O) groups excluding carboxylic acids is 1. The molecule has 0 aliphatic rings. The van der Waals surface area contributed by atoms with Crippen LogP contribution in [0.3, 0.4) is 0 Å². The van der Waals surface area contributed by atoms with E-state index in [2.05, 4.69) is 10.3 Å². The molecule has 1 unspecified atom stereocenters. The zero-order chi connectivity index (χ0) is 14.4. The average molecular weight is 273 g/mol. The maximum atomic E-state index is 12.1. The number of rotatable bonds is 6. The standard InChI is InChI=1S/C15H19N3O2/c1-2-13(19)8-9-17-15(20)14-10-16-11-18(14)12-6-4-3-5-7-12/h3-7,10-11,13,19H,2,8-9H2,1H3,(H,17,20). The molecule has 1 heterocycles. The van der Waals surface area contributed by atoms with Gasteiger partial charge in [0.05, 0.1) is 18.6 Å². The Balaban J connectivity index is 2.03. The van der Waals surface area contributed by atoms with Crippen LogP contribution in [0.5, 0.6) is 0 Å². The predicted molar refractivity (Wildman–Crippen MR) is 76.8 cm³/mol. The largest absolute Gasteiger partial charge is 0.393 e. The van der Waals surface area contributed by atoms with E-state index in [4.69, 9.17) is 0 Å². The Hall–Kier alpha value is -2.14. The molecule has 2 rings (SSSR count). The Morgan fingerprint density at radius 1 is 1.40 bits per heavy atom. The summed E-state index contributed by atoms with van der Waals surface area (Å²) in [7, 11) is 0. The number of imidazole rings is 1. The third kappa shape index (κ3) is 3.45. The fourth-order valence-corrected chi connectivity index (χ4v) is 1.90. The van der Waals surface area contributed by atoms with Crippen LogP contribution in [-0.4, -0.2) is 33.2 Å². The smallest absolute Gasteiger partial charge is 0.269 e. The van der Waals surface area contributed by atoms with E-state index >= 15 is 0 Å². The molecule has 0 spiro atoms. The second kappa shape index (κ2) is 6.86. The molecule has 5 nitrogen and oxygen atoms in total. The van der Waals surface area contributed by atoms with Crippen molar-refractivity contribution in [2.45, 2.75) is 25.9 Å². The zero-order valence-corrected chi connectivity index (χ0v) is 11.5. The number of nitrogens with one attached hydrogen (secondary N) is 1. The third-order valence-electron chi connectivity index (χ3n) is 3.14. The van der Waals surface area contributed by atoms with E-state index in [1.807, 2.05) is 37.3 Å². The molecule has 0 saturated carbocycles. The van der Waals surface area contributed by atoms with Crippen molar-refractivity contribution >= 4 is 5.91 Å². The molecule has 1 atom stereocenters. The highest BCUT2D eigenvalue weighted by Crippen LogP contribution is 2.10. The van der Waals surface area contributed by atoms with Crippen molar-refractivity contribution in [1.29, 1.82) is 0 Å². The van der Waals surface area contributed by atoms with Crippen molar-refractivity contribution in [3.05, 3.63) is 48.5 Å². The van der Waals surface area contributed by atoms with Gasteiger partial charge in [0.25, 0.3) is 5.91 Å². The first-order valence-electron chi connectivity index (χ1n) is 6.76. The first kappa shape index (κ1) is 14.3. The van der Waals surface area contributed by atoms with Gasteiger partial charge < -0.3 is 10.4 Å². The number of aliphatic hydroxyl groups is 1. The first-order valence-corrected chi connectivity index (χ1v) is 6.76.